The highest BCUT2D eigenvalue weighted by Gasteiger charge is 2.32. The van der Waals surface area contributed by atoms with Gasteiger partial charge in [0, 0.05) is 17.0 Å². The summed E-state index contributed by atoms with van der Waals surface area (Å²) < 4.78 is 5.11. The minimum absolute atomic E-state index is 0.0223. The number of carbonyl (C=O) groups excluding carboxylic acids is 2. The molecule has 1 aliphatic rings. The van der Waals surface area contributed by atoms with Crippen LogP contribution in [-0.2, 0) is 17.8 Å². The van der Waals surface area contributed by atoms with Crippen molar-refractivity contribution in [2.24, 2.45) is 0 Å². The molecule has 6 nitrogen and oxygen atoms in total. The van der Waals surface area contributed by atoms with E-state index in [-0.39, 0.29) is 17.7 Å². The number of fused-ring (bicyclic) bond motifs is 1. The molecular formula is C22H21N3O3S. The maximum absolute atomic E-state index is 12.6. The van der Waals surface area contributed by atoms with E-state index in [2.05, 4.69) is 15.6 Å². The van der Waals surface area contributed by atoms with Crippen molar-refractivity contribution in [3.63, 3.8) is 0 Å². The second-order valence-electron chi connectivity index (χ2n) is 6.80. The van der Waals surface area contributed by atoms with Crippen LogP contribution in [0.2, 0.25) is 0 Å². The second kappa shape index (κ2) is 8.45. The molecule has 1 atom stereocenters. The van der Waals surface area contributed by atoms with Gasteiger partial charge in [-0.3, -0.25) is 14.9 Å². The molecule has 1 unspecified atom stereocenters. The van der Waals surface area contributed by atoms with Crippen LogP contribution in [-0.4, -0.2) is 23.9 Å². The summed E-state index contributed by atoms with van der Waals surface area (Å²) >= 11 is 1.44. The van der Waals surface area contributed by atoms with Gasteiger partial charge >= 0.3 is 0 Å². The Balaban J connectivity index is 1.40. The van der Waals surface area contributed by atoms with Gasteiger partial charge < -0.3 is 10.1 Å². The molecular weight excluding hydrogens is 386 g/mol. The summed E-state index contributed by atoms with van der Waals surface area (Å²) in [6, 6.07) is 16.7. The lowest BCUT2D eigenvalue weighted by atomic mass is 10.1. The quantitative estimate of drug-likeness (QED) is 0.652. The summed E-state index contributed by atoms with van der Waals surface area (Å²) in [5.74, 6) is 0.173. The number of thiazole rings is 1. The number of nitrogens with zero attached hydrogens (tertiary/aromatic N) is 1. The molecule has 1 heterocycles. The van der Waals surface area contributed by atoms with Gasteiger partial charge in [-0.05, 0) is 42.7 Å². The highest BCUT2D eigenvalue weighted by molar-refractivity contribution is 7.16. The summed E-state index contributed by atoms with van der Waals surface area (Å²) in [6.07, 6.45) is 1.55. The molecule has 0 saturated heterocycles. The first-order valence-electron chi connectivity index (χ1n) is 9.40. The lowest BCUT2D eigenvalue weighted by Gasteiger charge is -2.11. The number of hydrogen-bond acceptors (Lipinski definition) is 5. The van der Waals surface area contributed by atoms with Gasteiger partial charge in [0.1, 0.15) is 5.75 Å². The number of methoxy groups -OCH3 is 1. The van der Waals surface area contributed by atoms with Crippen LogP contribution in [0.25, 0.3) is 0 Å². The number of anilines is 1. The molecule has 4 rings (SSSR count). The SMILES string of the molecule is COc1ccc(C(=O)Nc2nc3c(s2)CCC3C(=O)NCc2ccccc2)cc1. The molecule has 0 saturated carbocycles. The van der Waals surface area contributed by atoms with E-state index in [0.29, 0.717) is 23.0 Å². The first kappa shape index (κ1) is 19.1. The third-order valence-electron chi connectivity index (χ3n) is 4.92. The van der Waals surface area contributed by atoms with Crippen LogP contribution in [0, 0.1) is 0 Å². The molecule has 0 spiro atoms. The van der Waals surface area contributed by atoms with E-state index in [0.717, 1.165) is 29.0 Å². The van der Waals surface area contributed by atoms with E-state index in [1.54, 1.807) is 31.4 Å². The van der Waals surface area contributed by atoms with E-state index in [4.69, 9.17) is 4.74 Å². The lowest BCUT2D eigenvalue weighted by molar-refractivity contribution is -0.122. The molecule has 1 aliphatic carbocycles. The van der Waals surface area contributed by atoms with Crippen LogP contribution < -0.4 is 15.4 Å². The zero-order chi connectivity index (χ0) is 20.2. The van der Waals surface area contributed by atoms with Crippen LogP contribution in [0.3, 0.4) is 0 Å². The van der Waals surface area contributed by atoms with Crippen molar-refractivity contribution in [3.8, 4) is 5.75 Å². The highest BCUT2D eigenvalue weighted by atomic mass is 32.1. The number of carbonyl (C=O) groups is 2. The second-order valence-corrected chi connectivity index (χ2v) is 7.89. The zero-order valence-corrected chi connectivity index (χ0v) is 16.8. The first-order valence-corrected chi connectivity index (χ1v) is 10.2. The number of benzene rings is 2. The Labute approximate surface area is 172 Å². The maximum Gasteiger partial charge on any atom is 0.257 e. The summed E-state index contributed by atoms with van der Waals surface area (Å²) in [4.78, 5) is 30.7. The van der Waals surface area contributed by atoms with Crippen molar-refractivity contribution < 1.29 is 14.3 Å². The molecule has 148 valence electrons. The summed E-state index contributed by atoms with van der Waals surface area (Å²) in [7, 11) is 1.58. The van der Waals surface area contributed by atoms with Crippen LogP contribution in [0.5, 0.6) is 5.75 Å². The monoisotopic (exact) mass is 407 g/mol. The van der Waals surface area contributed by atoms with E-state index < -0.39 is 0 Å². The van der Waals surface area contributed by atoms with Gasteiger partial charge in [0.25, 0.3) is 5.91 Å². The van der Waals surface area contributed by atoms with E-state index in [9.17, 15) is 9.59 Å². The van der Waals surface area contributed by atoms with Crippen LogP contribution in [0.1, 0.15) is 38.8 Å². The fraction of sp³-hybridized carbons (Fsp3) is 0.227. The molecule has 0 aliphatic heterocycles. The Kier molecular flexibility index (Phi) is 5.57. The van der Waals surface area contributed by atoms with Crippen LogP contribution in [0.4, 0.5) is 5.13 Å². The average molecular weight is 407 g/mol. The number of amides is 2. The third-order valence-corrected chi connectivity index (χ3v) is 5.96. The lowest BCUT2D eigenvalue weighted by Crippen LogP contribution is -2.28. The van der Waals surface area contributed by atoms with Crippen molar-refractivity contribution in [2.75, 3.05) is 12.4 Å². The molecule has 2 N–H and O–H groups in total. The summed E-state index contributed by atoms with van der Waals surface area (Å²) in [6.45, 7) is 0.497. The molecule has 0 fully saturated rings. The van der Waals surface area contributed by atoms with E-state index in [1.165, 1.54) is 11.3 Å². The number of aromatic nitrogens is 1. The predicted octanol–water partition coefficient (Wildman–Crippen LogP) is 3.75. The molecule has 2 amide bonds. The van der Waals surface area contributed by atoms with Crippen molar-refractivity contribution in [2.45, 2.75) is 25.3 Å². The number of nitrogens with one attached hydrogen (secondary N) is 2. The number of ether oxygens (including phenoxy) is 1. The maximum atomic E-state index is 12.6. The van der Waals surface area contributed by atoms with Gasteiger partial charge in [-0.15, -0.1) is 11.3 Å². The van der Waals surface area contributed by atoms with Crippen LogP contribution >= 0.6 is 11.3 Å². The fourth-order valence-corrected chi connectivity index (χ4v) is 4.39. The molecule has 3 aromatic rings. The Morgan fingerprint density at radius 3 is 2.62 bits per heavy atom. The molecule has 7 heteroatoms. The van der Waals surface area contributed by atoms with Crippen molar-refractivity contribution in [1.29, 1.82) is 0 Å². The largest absolute Gasteiger partial charge is 0.497 e. The summed E-state index contributed by atoms with van der Waals surface area (Å²) in [5, 5.41) is 6.36. The van der Waals surface area contributed by atoms with Gasteiger partial charge in [-0.1, -0.05) is 30.3 Å². The van der Waals surface area contributed by atoms with Crippen LogP contribution in [0.15, 0.2) is 54.6 Å². The molecule has 2 aromatic carbocycles. The van der Waals surface area contributed by atoms with Crippen molar-refractivity contribution in [1.82, 2.24) is 10.3 Å². The normalized spacial score (nSPS) is 14.9. The number of hydrogen-bond donors (Lipinski definition) is 2. The Morgan fingerprint density at radius 1 is 1.14 bits per heavy atom. The predicted molar refractivity (Wildman–Crippen MR) is 112 cm³/mol. The topological polar surface area (TPSA) is 80.3 Å². The average Bonchev–Trinajstić information content (AvgIpc) is 3.33. The van der Waals surface area contributed by atoms with E-state index in [1.807, 2.05) is 30.3 Å². The van der Waals surface area contributed by atoms with Gasteiger partial charge in [-0.25, -0.2) is 4.98 Å². The standard InChI is InChI=1S/C22H21N3O3S/c1-28-16-9-7-15(8-10-16)20(26)25-22-24-19-17(11-12-18(19)29-22)21(27)23-13-14-5-3-2-4-6-14/h2-10,17H,11-13H2,1H3,(H,23,27)(H,24,25,26). The Morgan fingerprint density at radius 2 is 1.90 bits per heavy atom. The van der Waals surface area contributed by atoms with Crippen molar-refractivity contribution in [3.05, 3.63) is 76.3 Å². The van der Waals surface area contributed by atoms with E-state index >= 15 is 0 Å². The molecule has 1 aromatic heterocycles. The Bertz CT molecular complexity index is 1020. The Hall–Kier alpha value is -3.19. The van der Waals surface area contributed by atoms with Crippen molar-refractivity contribution >= 4 is 28.3 Å². The third kappa shape index (κ3) is 4.30. The zero-order valence-electron chi connectivity index (χ0n) is 16.0. The highest BCUT2D eigenvalue weighted by Crippen LogP contribution is 2.38. The number of aryl methyl sites for hydroxylation is 1. The fourth-order valence-electron chi connectivity index (χ4n) is 3.36. The van der Waals surface area contributed by atoms with Gasteiger partial charge in [-0.2, -0.15) is 0 Å². The molecule has 0 bridgehead atoms. The summed E-state index contributed by atoms with van der Waals surface area (Å²) in [5.41, 5.74) is 2.37. The van der Waals surface area contributed by atoms with Gasteiger partial charge in [0.2, 0.25) is 5.91 Å². The van der Waals surface area contributed by atoms with Gasteiger partial charge in [0.05, 0.1) is 18.7 Å². The molecule has 0 radical (unpaired) electrons. The number of rotatable bonds is 6. The minimum Gasteiger partial charge on any atom is -0.497 e. The molecule has 29 heavy (non-hydrogen) atoms. The minimum atomic E-state index is -0.267. The van der Waals surface area contributed by atoms with Gasteiger partial charge in [0.15, 0.2) is 5.13 Å². The smallest absolute Gasteiger partial charge is 0.257 e. The first-order chi connectivity index (χ1) is 14.1.